The molecule has 2 amide bonds. The highest BCUT2D eigenvalue weighted by Crippen LogP contribution is 2.39. The Kier molecular flexibility index (Phi) is 11.8. The molecule has 3 atom stereocenters. The van der Waals surface area contributed by atoms with Crippen molar-refractivity contribution in [2.45, 2.75) is 50.5 Å². The summed E-state index contributed by atoms with van der Waals surface area (Å²) in [7, 11) is 0. The van der Waals surface area contributed by atoms with Crippen LogP contribution in [0.1, 0.15) is 70.4 Å². The molecule has 9 rings (SSSR count). The number of likely N-dealkylation sites (tertiary alicyclic amines) is 1. The van der Waals surface area contributed by atoms with Crippen LogP contribution in [-0.2, 0) is 6.61 Å². The Labute approximate surface area is 337 Å². The molecule has 4 aliphatic heterocycles. The monoisotopic (exact) mass is 785 g/mol. The number of phenolic OH excluding ortho intramolecular Hbond substituents is 1. The van der Waals surface area contributed by atoms with E-state index in [1.54, 1.807) is 17.0 Å². The Hall–Kier alpha value is -5.69. The molecule has 12 nitrogen and oxygen atoms in total. The van der Waals surface area contributed by atoms with E-state index >= 15 is 0 Å². The minimum Gasteiger partial charge on any atom is -0.506 e. The number of aromatic hydroxyl groups is 1. The quantitative estimate of drug-likeness (QED) is 0.0945. The second kappa shape index (κ2) is 17.4. The summed E-state index contributed by atoms with van der Waals surface area (Å²) in [6.45, 7) is 5.43. The van der Waals surface area contributed by atoms with Crippen molar-refractivity contribution in [1.82, 2.24) is 25.0 Å². The van der Waals surface area contributed by atoms with Gasteiger partial charge in [0.2, 0.25) is 5.56 Å². The van der Waals surface area contributed by atoms with E-state index in [1.165, 1.54) is 12.1 Å². The highest BCUT2D eigenvalue weighted by Gasteiger charge is 2.43. The van der Waals surface area contributed by atoms with Crippen molar-refractivity contribution in [3.63, 3.8) is 0 Å². The molecular weight excluding hydrogens is 735 g/mol. The minimum absolute atomic E-state index is 0.00261. The van der Waals surface area contributed by atoms with Gasteiger partial charge in [0.25, 0.3) is 5.91 Å². The van der Waals surface area contributed by atoms with Gasteiger partial charge in [0, 0.05) is 43.2 Å². The van der Waals surface area contributed by atoms with Gasteiger partial charge in [-0.25, -0.2) is 4.79 Å². The molecule has 0 radical (unpaired) electrons. The highest BCUT2D eigenvalue weighted by atomic mass is 16.5. The van der Waals surface area contributed by atoms with Crippen LogP contribution >= 0.6 is 0 Å². The molecule has 1 unspecified atom stereocenters. The van der Waals surface area contributed by atoms with Crippen molar-refractivity contribution in [3.8, 4) is 11.5 Å². The van der Waals surface area contributed by atoms with Gasteiger partial charge in [-0.1, -0.05) is 60.7 Å². The summed E-state index contributed by atoms with van der Waals surface area (Å²) < 4.78 is 6.27. The molecular formula is C46H51N5O7. The third kappa shape index (κ3) is 8.59. The second-order valence-corrected chi connectivity index (χ2v) is 16.0. The molecule has 0 aliphatic carbocycles. The van der Waals surface area contributed by atoms with E-state index < -0.39 is 18.2 Å². The van der Waals surface area contributed by atoms with E-state index in [-0.39, 0.29) is 23.3 Å². The van der Waals surface area contributed by atoms with Gasteiger partial charge in [0.05, 0.1) is 23.7 Å². The number of phenols is 1. The standard InChI is InChI=1S/C46H51N5O7/c52-40-15-13-37(38-14-16-42(54)48-43(38)40)41(53)27-47-26-30-17-23-50(24-18-30)45(55)34-11-9-31(10-12-34)29-58-36-8-4-7-35(25-36)44(33-5-2-1-3-6-33)51(46(56)57)39-28-49-21-19-32(39)20-22-49/h1-16,25,30,32,39,41,44,47,52-53H,17-24,26-29H2,(H,48,54)(H,56,57)/t39-,41+,44?/m0/s1. The van der Waals surface area contributed by atoms with Crippen LogP contribution in [0.25, 0.3) is 10.9 Å². The van der Waals surface area contributed by atoms with E-state index in [2.05, 4.69) is 15.2 Å². The van der Waals surface area contributed by atoms with Crippen LogP contribution in [-0.4, -0.2) is 98.9 Å². The fraction of sp³-hybridized carbons (Fsp3) is 0.370. The first-order valence-electron chi connectivity index (χ1n) is 20.3. The third-order valence-electron chi connectivity index (χ3n) is 12.3. The maximum absolute atomic E-state index is 13.4. The molecule has 0 saturated carbocycles. The first-order valence-corrected chi connectivity index (χ1v) is 20.3. The van der Waals surface area contributed by atoms with E-state index in [4.69, 9.17) is 4.74 Å². The van der Waals surface area contributed by atoms with Gasteiger partial charge in [0.15, 0.2) is 0 Å². The summed E-state index contributed by atoms with van der Waals surface area (Å²) in [6, 6.07) is 30.7. The topological polar surface area (TPSA) is 159 Å². The number of piperidine rings is 4. The first kappa shape index (κ1) is 39.2. The number of rotatable bonds is 13. The molecule has 58 heavy (non-hydrogen) atoms. The zero-order chi connectivity index (χ0) is 40.2. The number of aliphatic hydroxyl groups excluding tert-OH is 1. The lowest BCUT2D eigenvalue weighted by atomic mass is 9.81. The zero-order valence-corrected chi connectivity index (χ0v) is 32.5. The van der Waals surface area contributed by atoms with Gasteiger partial charge in [-0.15, -0.1) is 0 Å². The third-order valence-corrected chi connectivity index (χ3v) is 12.3. The molecule has 302 valence electrons. The number of hydrogen-bond donors (Lipinski definition) is 5. The number of benzene rings is 4. The van der Waals surface area contributed by atoms with Crippen molar-refractivity contribution in [1.29, 1.82) is 0 Å². The molecule has 4 saturated heterocycles. The first-order chi connectivity index (χ1) is 28.2. The Morgan fingerprint density at radius 3 is 2.31 bits per heavy atom. The maximum atomic E-state index is 13.4. The average Bonchev–Trinajstić information content (AvgIpc) is 3.26. The van der Waals surface area contributed by atoms with Crippen LogP contribution in [0.2, 0.25) is 0 Å². The van der Waals surface area contributed by atoms with Crippen molar-refractivity contribution in [3.05, 3.63) is 141 Å². The van der Waals surface area contributed by atoms with Crippen LogP contribution in [0.5, 0.6) is 11.5 Å². The molecule has 5 heterocycles. The van der Waals surface area contributed by atoms with E-state index in [9.17, 15) is 29.7 Å². The SMILES string of the molecule is O=C(c1ccc(COc2cccc(C(c3ccccc3)N(C(=O)O)[C@H]3CN4CCC3CC4)c2)cc1)N1CCC(CNC[C@@H](O)c2ccc(O)c3[nH]c(=O)ccc23)CC1. The summed E-state index contributed by atoms with van der Waals surface area (Å²) in [5.41, 5.74) is 3.95. The van der Waals surface area contributed by atoms with Crippen LogP contribution in [0, 0.1) is 11.8 Å². The van der Waals surface area contributed by atoms with Gasteiger partial charge in [-0.3, -0.25) is 14.5 Å². The van der Waals surface area contributed by atoms with E-state index in [1.807, 2.05) is 83.8 Å². The van der Waals surface area contributed by atoms with Gasteiger partial charge in [-0.05, 0) is 116 Å². The summed E-state index contributed by atoms with van der Waals surface area (Å²) in [4.78, 5) is 46.8. The largest absolute Gasteiger partial charge is 0.506 e. The predicted molar refractivity (Wildman–Crippen MR) is 221 cm³/mol. The number of amides is 2. The number of fused-ring (bicyclic) bond motifs is 4. The lowest BCUT2D eigenvalue weighted by Gasteiger charge is -2.50. The number of hydrogen-bond acceptors (Lipinski definition) is 8. The Balaban J connectivity index is 0.841. The van der Waals surface area contributed by atoms with Crippen LogP contribution < -0.4 is 15.6 Å². The number of carbonyl (C=O) groups is 2. The van der Waals surface area contributed by atoms with Gasteiger partial charge >= 0.3 is 6.09 Å². The molecule has 5 N–H and O–H groups in total. The maximum Gasteiger partial charge on any atom is 0.408 e. The minimum atomic E-state index is -0.912. The summed E-state index contributed by atoms with van der Waals surface area (Å²) in [5.74, 6) is 1.31. The lowest BCUT2D eigenvalue weighted by Crippen LogP contribution is -2.59. The number of carbonyl (C=O) groups excluding carboxylic acids is 1. The van der Waals surface area contributed by atoms with Crippen molar-refractivity contribution < 1.29 is 29.6 Å². The average molecular weight is 786 g/mol. The number of aromatic nitrogens is 1. The van der Waals surface area contributed by atoms with Crippen molar-refractivity contribution in [2.24, 2.45) is 11.8 Å². The normalized spacial score (nSPS) is 20.4. The molecule has 0 spiro atoms. The number of H-pyrrole nitrogens is 1. The fourth-order valence-electron chi connectivity index (χ4n) is 9.13. The predicted octanol–water partition coefficient (Wildman–Crippen LogP) is 6.15. The van der Waals surface area contributed by atoms with Crippen LogP contribution in [0.3, 0.4) is 0 Å². The van der Waals surface area contributed by atoms with Gasteiger partial charge < -0.3 is 40.2 Å². The molecule has 1 aromatic heterocycles. The molecule has 2 bridgehead atoms. The highest BCUT2D eigenvalue weighted by molar-refractivity contribution is 5.94. The van der Waals surface area contributed by atoms with Gasteiger partial charge in [0.1, 0.15) is 18.1 Å². The number of carboxylic acid groups (broad SMARTS) is 1. The van der Waals surface area contributed by atoms with E-state index in [0.29, 0.717) is 72.4 Å². The van der Waals surface area contributed by atoms with Crippen LogP contribution in [0.15, 0.2) is 108 Å². The smallest absolute Gasteiger partial charge is 0.408 e. The number of nitrogens with zero attached hydrogens (tertiary/aromatic N) is 3. The van der Waals surface area contributed by atoms with Crippen LogP contribution in [0.4, 0.5) is 4.79 Å². The van der Waals surface area contributed by atoms with Gasteiger partial charge in [-0.2, -0.15) is 0 Å². The Morgan fingerprint density at radius 1 is 0.862 bits per heavy atom. The second-order valence-electron chi connectivity index (χ2n) is 16.0. The van der Waals surface area contributed by atoms with E-state index in [0.717, 1.165) is 62.0 Å². The number of aromatic amines is 1. The van der Waals surface area contributed by atoms with Crippen molar-refractivity contribution in [2.75, 3.05) is 45.8 Å². The Bertz CT molecular complexity index is 2270. The summed E-state index contributed by atoms with van der Waals surface area (Å²) >= 11 is 0. The molecule has 12 heteroatoms. The summed E-state index contributed by atoms with van der Waals surface area (Å²) in [5, 5.41) is 35.7. The zero-order valence-electron chi connectivity index (χ0n) is 32.5. The lowest BCUT2D eigenvalue weighted by molar-refractivity contribution is -0.000814. The molecule has 4 aliphatic rings. The van der Waals surface area contributed by atoms with Crippen molar-refractivity contribution >= 4 is 22.9 Å². The number of aliphatic hydroxyl groups is 1. The number of nitrogens with one attached hydrogen (secondary N) is 2. The molecule has 5 aromatic rings. The molecule has 4 aromatic carbocycles. The molecule has 4 fully saturated rings. The number of pyridine rings is 1. The number of ether oxygens (including phenoxy) is 1. The fourth-order valence-corrected chi connectivity index (χ4v) is 9.13. The Morgan fingerprint density at radius 2 is 1.60 bits per heavy atom. The summed E-state index contributed by atoms with van der Waals surface area (Å²) in [6.07, 6.45) is 1.99.